The van der Waals surface area contributed by atoms with E-state index in [4.69, 9.17) is 27.7 Å². The van der Waals surface area contributed by atoms with Gasteiger partial charge in [0.05, 0.1) is 17.5 Å². The lowest BCUT2D eigenvalue weighted by molar-refractivity contribution is -0.126. The van der Waals surface area contributed by atoms with Gasteiger partial charge in [0.15, 0.2) is 0 Å². The molecule has 1 N–H and O–H groups in total. The molecule has 1 aromatic heterocycles. The van der Waals surface area contributed by atoms with Crippen LogP contribution in [0.25, 0.3) is 11.4 Å². The van der Waals surface area contributed by atoms with Crippen LogP contribution in [-0.2, 0) is 11.3 Å². The number of aromatic nitrogens is 2. The van der Waals surface area contributed by atoms with Gasteiger partial charge in [-0.3, -0.25) is 9.69 Å². The van der Waals surface area contributed by atoms with Crippen LogP contribution in [0, 0.1) is 5.92 Å². The van der Waals surface area contributed by atoms with Crippen molar-refractivity contribution in [3.05, 3.63) is 34.1 Å². The third-order valence-electron chi connectivity index (χ3n) is 6.52. The van der Waals surface area contributed by atoms with Crippen LogP contribution < -0.4 is 5.32 Å². The van der Waals surface area contributed by atoms with Crippen LogP contribution in [0.1, 0.15) is 50.8 Å². The van der Waals surface area contributed by atoms with Crippen molar-refractivity contribution < 1.29 is 9.32 Å². The van der Waals surface area contributed by atoms with Crippen molar-refractivity contribution in [1.29, 1.82) is 0 Å². The van der Waals surface area contributed by atoms with Crippen LogP contribution >= 0.6 is 23.2 Å². The fourth-order valence-corrected chi connectivity index (χ4v) is 5.22. The van der Waals surface area contributed by atoms with Crippen molar-refractivity contribution in [1.82, 2.24) is 25.3 Å². The normalized spacial score (nSPS) is 20.5. The first-order valence-electron chi connectivity index (χ1n) is 12.1. The molecule has 4 rings (SSSR count). The molecule has 9 heteroatoms. The predicted molar refractivity (Wildman–Crippen MR) is 130 cm³/mol. The smallest absolute Gasteiger partial charge is 0.241 e. The summed E-state index contributed by atoms with van der Waals surface area (Å²) in [6.45, 7) is 6.38. The molecule has 0 radical (unpaired) electrons. The first kappa shape index (κ1) is 24.5. The van der Waals surface area contributed by atoms with Gasteiger partial charge in [-0.05, 0) is 76.5 Å². The number of nitrogens with one attached hydrogen (secondary N) is 1. The Morgan fingerprint density at radius 3 is 2.67 bits per heavy atom. The van der Waals surface area contributed by atoms with E-state index in [-0.39, 0.29) is 11.8 Å². The van der Waals surface area contributed by atoms with E-state index in [1.807, 2.05) is 0 Å². The van der Waals surface area contributed by atoms with Gasteiger partial charge in [0, 0.05) is 23.7 Å². The lowest BCUT2D eigenvalue weighted by atomic mass is 9.97. The molecule has 7 nitrogen and oxygen atoms in total. The van der Waals surface area contributed by atoms with E-state index in [9.17, 15) is 4.79 Å². The minimum atomic E-state index is 0.00466. The molecule has 1 atom stereocenters. The molecule has 2 aromatic rings. The van der Waals surface area contributed by atoms with Crippen molar-refractivity contribution >= 4 is 29.1 Å². The average molecular weight is 494 g/mol. The highest BCUT2D eigenvalue weighted by Gasteiger charge is 2.27. The highest BCUT2D eigenvalue weighted by Crippen LogP contribution is 2.28. The lowest BCUT2D eigenvalue weighted by Gasteiger charge is -2.31. The lowest BCUT2D eigenvalue weighted by Crippen LogP contribution is -2.43. The third-order valence-corrected chi connectivity index (χ3v) is 7.07. The van der Waals surface area contributed by atoms with Crippen molar-refractivity contribution in [2.75, 3.05) is 39.3 Å². The summed E-state index contributed by atoms with van der Waals surface area (Å²) in [4.78, 5) is 22.0. The van der Waals surface area contributed by atoms with Gasteiger partial charge in [0.2, 0.25) is 17.6 Å². The van der Waals surface area contributed by atoms with Crippen molar-refractivity contribution in [2.24, 2.45) is 5.92 Å². The molecule has 33 heavy (non-hydrogen) atoms. The zero-order valence-electron chi connectivity index (χ0n) is 19.1. The topological polar surface area (TPSA) is 74.5 Å². The molecule has 2 saturated heterocycles. The number of carbonyl (C=O) groups is 1. The monoisotopic (exact) mass is 493 g/mol. The van der Waals surface area contributed by atoms with Gasteiger partial charge in [0.1, 0.15) is 0 Å². The van der Waals surface area contributed by atoms with Gasteiger partial charge >= 0.3 is 0 Å². The molecular formula is C24H33Cl2N5O2. The highest BCUT2D eigenvalue weighted by molar-refractivity contribution is 6.36. The van der Waals surface area contributed by atoms with E-state index in [0.29, 0.717) is 40.4 Å². The van der Waals surface area contributed by atoms with Crippen molar-refractivity contribution in [3.8, 4) is 11.4 Å². The quantitative estimate of drug-likeness (QED) is 0.539. The Morgan fingerprint density at radius 1 is 1.09 bits per heavy atom. The Bertz CT molecular complexity index is 914. The summed E-state index contributed by atoms with van der Waals surface area (Å²) in [5.41, 5.74) is 0.687. The maximum atomic E-state index is 12.7. The van der Waals surface area contributed by atoms with Crippen molar-refractivity contribution in [3.63, 3.8) is 0 Å². The number of piperidine rings is 1. The van der Waals surface area contributed by atoms with E-state index in [0.717, 1.165) is 38.9 Å². The molecule has 1 amide bonds. The molecule has 1 aromatic carbocycles. The molecule has 0 spiro atoms. The maximum Gasteiger partial charge on any atom is 0.241 e. The Balaban J connectivity index is 1.22. The van der Waals surface area contributed by atoms with Gasteiger partial charge in [-0.2, -0.15) is 4.98 Å². The number of hydrogen-bond acceptors (Lipinski definition) is 6. The largest absolute Gasteiger partial charge is 0.356 e. The molecule has 2 aliphatic rings. The number of nitrogens with zero attached hydrogens (tertiary/aromatic N) is 4. The molecular weight excluding hydrogens is 461 g/mol. The number of halogens is 2. The second-order valence-corrected chi connectivity index (χ2v) is 9.95. The minimum Gasteiger partial charge on any atom is -0.356 e. The first-order chi connectivity index (χ1) is 16.1. The van der Waals surface area contributed by atoms with Gasteiger partial charge in [-0.15, -0.1) is 0 Å². The number of rotatable bonds is 8. The Kier molecular flexibility index (Phi) is 9.01. The van der Waals surface area contributed by atoms with Crippen LogP contribution in [0.15, 0.2) is 22.7 Å². The summed E-state index contributed by atoms with van der Waals surface area (Å²) in [6, 6.07) is 5.20. The van der Waals surface area contributed by atoms with E-state index in [2.05, 4.69) is 25.3 Å². The number of hydrogen-bond donors (Lipinski definition) is 1. The van der Waals surface area contributed by atoms with Crippen LogP contribution in [0.5, 0.6) is 0 Å². The summed E-state index contributed by atoms with van der Waals surface area (Å²) < 4.78 is 5.45. The van der Waals surface area contributed by atoms with Gasteiger partial charge in [0.25, 0.3) is 0 Å². The van der Waals surface area contributed by atoms with Gasteiger partial charge in [-0.1, -0.05) is 41.2 Å². The fraction of sp³-hybridized carbons (Fsp3) is 0.625. The zero-order valence-corrected chi connectivity index (χ0v) is 20.6. The molecule has 1 unspecified atom stereocenters. The first-order valence-corrected chi connectivity index (χ1v) is 12.8. The Labute approximate surface area is 205 Å². The predicted octanol–water partition coefficient (Wildman–Crippen LogP) is 4.64. The Morgan fingerprint density at radius 2 is 1.88 bits per heavy atom. The average Bonchev–Trinajstić information content (AvgIpc) is 3.10. The maximum absolute atomic E-state index is 12.7. The summed E-state index contributed by atoms with van der Waals surface area (Å²) in [5.74, 6) is 1.14. The fourth-order valence-electron chi connectivity index (χ4n) is 4.72. The molecule has 2 fully saturated rings. The number of amides is 1. The SMILES string of the molecule is O=C(NCCCN1CCCCCC1)C1CCCN(Cc2nc(-c3ccc(Cl)cc3Cl)no2)C1. The second-order valence-electron chi connectivity index (χ2n) is 9.11. The van der Waals surface area contributed by atoms with E-state index in [1.54, 1.807) is 18.2 Å². The van der Waals surface area contributed by atoms with Crippen LogP contribution in [0.4, 0.5) is 0 Å². The van der Waals surface area contributed by atoms with E-state index >= 15 is 0 Å². The number of likely N-dealkylation sites (tertiary alicyclic amines) is 2. The molecule has 0 saturated carbocycles. The minimum absolute atomic E-state index is 0.00466. The van der Waals surface area contributed by atoms with Gasteiger partial charge in [-0.25, -0.2) is 0 Å². The number of carbonyl (C=O) groups excluding carboxylic acids is 1. The van der Waals surface area contributed by atoms with E-state index < -0.39 is 0 Å². The third kappa shape index (κ3) is 7.15. The summed E-state index contributed by atoms with van der Waals surface area (Å²) in [7, 11) is 0. The molecule has 2 aliphatic heterocycles. The summed E-state index contributed by atoms with van der Waals surface area (Å²) in [6.07, 6.45) is 8.23. The van der Waals surface area contributed by atoms with E-state index in [1.165, 1.54) is 38.8 Å². The number of benzene rings is 1. The van der Waals surface area contributed by atoms with Crippen LogP contribution in [0.3, 0.4) is 0 Å². The highest BCUT2D eigenvalue weighted by atomic mass is 35.5. The Hall–Kier alpha value is -1.67. The van der Waals surface area contributed by atoms with Crippen molar-refractivity contribution in [2.45, 2.75) is 51.5 Å². The second kappa shape index (κ2) is 12.2. The molecule has 0 bridgehead atoms. The molecule has 180 valence electrons. The zero-order chi connectivity index (χ0) is 23.0. The van der Waals surface area contributed by atoms with Crippen LogP contribution in [0.2, 0.25) is 10.0 Å². The molecule has 0 aliphatic carbocycles. The van der Waals surface area contributed by atoms with Gasteiger partial charge < -0.3 is 14.7 Å². The molecule has 3 heterocycles. The summed E-state index contributed by atoms with van der Waals surface area (Å²) >= 11 is 12.2. The van der Waals surface area contributed by atoms with Crippen LogP contribution in [-0.4, -0.2) is 65.1 Å². The standard InChI is InChI=1S/C24H33Cl2N5O2/c25-19-8-9-20(21(26)15-19)23-28-22(33-29-23)17-31-13-5-7-18(16-31)24(32)27-10-6-14-30-11-3-1-2-4-12-30/h8-9,15,18H,1-7,10-14,16-17H2,(H,27,32). The summed E-state index contributed by atoms with van der Waals surface area (Å²) in [5, 5.41) is 8.28.